The number of carbonyl (C=O) groups is 1. The molecule has 0 radical (unpaired) electrons. The number of carbonyl (C=O) groups excluding carboxylic acids is 1. The lowest BCUT2D eigenvalue weighted by molar-refractivity contribution is -0.136. The van der Waals surface area contributed by atoms with Gasteiger partial charge in [-0.25, -0.2) is 0 Å². The van der Waals surface area contributed by atoms with Crippen molar-refractivity contribution >= 4 is 5.91 Å². The molecule has 25 heavy (non-hydrogen) atoms. The third kappa shape index (κ3) is 3.88. The molecule has 134 valence electrons. The van der Waals surface area contributed by atoms with Crippen LogP contribution in [0.2, 0.25) is 0 Å². The first-order valence-electron chi connectivity index (χ1n) is 8.60. The van der Waals surface area contributed by atoms with Crippen molar-refractivity contribution in [3.05, 3.63) is 35.7 Å². The Morgan fingerprint density at radius 2 is 2.24 bits per heavy atom. The van der Waals surface area contributed by atoms with Gasteiger partial charge < -0.3 is 20.3 Å². The van der Waals surface area contributed by atoms with Gasteiger partial charge >= 0.3 is 0 Å². The third-order valence-electron chi connectivity index (χ3n) is 4.69. The van der Waals surface area contributed by atoms with Crippen molar-refractivity contribution < 1.29 is 14.4 Å². The van der Waals surface area contributed by atoms with Crippen LogP contribution in [0, 0.1) is 12.8 Å². The minimum Gasteiger partial charge on any atom is -0.391 e. The topological polar surface area (TPSA) is 105 Å². The van der Waals surface area contributed by atoms with Gasteiger partial charge in [0, 0.05) is 24.1 Å². The van der Waals surface area contributed by atoms with E-state index in [2.05, 4.69) is 10.1 Å². The van der Waals surface area contributed by atoms with Crippen LogP contribution in [0.25, 0.3) is 11.4 Å². The Morgan fingerprint density at radius 1 is 1.44 bits per heavy atom. The highest BCUT2D eigenvalue weighted by Crippen LogP contribution is 2.27. The zero-order chi connectivity index (χ0) is 18.0. The van der Waals surface area contributed by atoms with E-state index in [1.165, 1.54) is 0 Å². The Kier molecular flexibility index (Phi) is 5.15. The van der Waals surface area contributed by atoms with Crippen molar-refractivity contribution in [2.75, 3.05) is 6.54 Å². The number of benzene rings is 1. The number of hydrogen-bond donors (Lipinski definition) is 2. The summed E-state index contributed by atoms with van der Waals surface area (Å²) in [5.41, 5.74) is 7.82. The van der Waals surface area contributed by atoms with E-state index in [-0.39, 0.29) is 24.4 Å². The molecule has 2 aromatic rings. The van der Waals surface area contributed by atoms with Gasteiger partial charge in [-0.2, -0.15) is 4.98 Å². The fourth-order valence-corrected chi connectivity index (χ4v) is 3.24. The van der Waals surface area contributed by atoms with Crippen LogP contribution < -0.4 is 5.73 Å². The molecule has 0 spiro atoms. The van der Waals surface area contributed by atoms with Crippen LogP contribution in [0.15, 0.2) is 28.8 Å². The van der Waals surface area contributed by atoms with Crippen molar-refractivity contribution in [2.24, 2.45) is 11.7 Å². The molecule has 3 N–H and O–H groups in total. The summed E-state index contributed by atoms with van der Waals surface area (Å²) in [6.07, 6.45) is 0.313. The fourth-order valence-electron chi connectivity index (χ4n) is 3.24. The lowest BCUT2D eigenvalue weighted by atomic mass is 10.1. The molecule has 0 unspecified atom stereocenters. The van der Waals surface area contributed by atoms with Gasteiger partial charge in [0.05, 0.1) is 12.6 Å². The van der Waals surface area contributed by atoms with Crippen LogP contribution in [-0.4, -0.2) is 44.7 Å². The highest BCUT2D eigenvalue weighted by atomic mass is 16.5. The first-order chi connectivity index (χ1) is 12.0. The molecule has 1 heterocycles. The molecular weight excluding hydrogens is 320 g/mol. The quantitative estimate of drug-likeness (QED) is 0.851. The second-order valence-electron chi connectivity index (χ2n) is 6.63. The largest absolute Gasteiger partial charge is 0.391 e. The van der Waals surface area contributed by atoms with Gasteiger partial charge in [0.1, 0.15) is 0 Å². The molecule has 1 amide bonds. The van der Waals surface area contributed by atoms with E-state index >= 15 is 0 Å². The van der Waals surface area contributed by atoms with Crippen LogP contribution in [-0.2, 0) is 11.3 Å². The lowest BCUT2D eigenvalue weighted by Gasteiger charge is -2.22. The molecule has 7 heteroatoms. The summed E-state index contributed by atoms with van der Waals surface area (Å²) in [4.78, 5) is 18.7. The van der Waals surface area contributed by atoms with Crippen LogP contribution in [0.5, 0.6) is 0 Å². The zero-order valence-corrected chi connectivity index (χ0v) is 14.6. The maximum absolute atomic E-state index is 12.7. The number of amides is 1. The van der Waals surface area contributed by atoms with Gasteiger partial charge in [-0.3, -0.25) is 4.79 Å². The number of aryl methyl sites for hydroxylation is 1. The molecular formula is C18H24N4O3. The van der Waals surface area contributed by atoms with Crippen molar-refractivity contribution in [3.8, 4) is 11.4 Å². The molecule has 1 fully saturated rings. The maximum Gasteiger partial charge on any atom is 0.246 e. The normalized spacial score (nSPS) is 23.0. The number of aromatic nitrogens is 2. The minimum atomic E-state index is -0.607. The summed E-state index contributed by atoms with van der Waals surface area (Å²) < 4.78 is 5.32. The van der Waals surface area contributed by atoms with Crippen LogP contribution in [0.1, 0.15) is 31.2 Å². The predicted octanol–water partition coefficient (Wildman–Crippen LogP) is 1.49. The number of nitrogens with zero attached hydrogens (tertiary/aromatic N) is 3. The first kappa shape index (κ1) is 17.6. The average molecular weight is 344 g/mol. The summed E-state index contributed by atoms with van der Waals surface area (Å²) in [6.45, 7) is 4.70. The SMILES string of the molecule is CCN(Cc1nc(-c2cccc(C)c2)no1)C(=O)[C@H]1C[C@@H](N)[C@H](O)C1. The van der Waals surface area contributed by atoms with Crippen molar-refractivity contribution in [2.45, 2.75) is 45.4 Å². The number of aliphatic hydroxyl groups excluding tert-OH is 1. The fraction of sp³-hybridized carbons (Fsp3) is 0.500. The lowest BCUT2D eigenvalue weighted by Crippen LogP contribution is -2.35. The second kappa shape index (κ2) is 7.33. The third-order valence-corrected chi connectivity index (χ3v) is 4.69. The maximum atomic E-state index is 12.7. The van der Waals surface area contributed by atoms with Crippen LogP contribution in [0.4, 0.5) is 0 Å². The Bertz CT molecular complexity index is 735. The van der Waals surface area contributed by atoms with Gasteiger partial charge in [-0.1, -0.05) is 28.9 Å². The van der Waals surface area contributed by atoms with Gasteiger partial charge in [0.15, 0.2) is 0 Å². The summed E-state index contributed by atoms with van der Waals surface area (Å²) >= 11 is 0. The van der Waals surface area contributed by atoms with Gasteiger partial charge in [0.2, 0.25) is 17.6 Å². The van der Waals surface area contributed by atoms with Crippen LogP contribution >= 0.6 is 0 Å². The Hall–Kier alpha value is -2.25. The van der Waals surface area contributed by atoms with Crippen molar-refractivity contribution in [3.63, 3.8) is 0 Å². The summed E-state index contributed by atoms with van der Waals surface area (Å²) in [5, 5.41) is 13.8. The molecule has 1 aromatic heterocycles. The van der Waals surface area contributed by atoms with E-state index in [1.54, 1.807) is 4.90 Å². The number of aliphatic hydroxyl groups is 1. The van der Waals surface area contributed by atoms with Gasteiger partial charge in [0.25, 0.3) is 0 Å². The molecule has 0 saturated heterocycles. The molecule has 1 aliphatic carbocycles. The summed E-state index contributed by atoms with van der Waals surface area (Å²) in [7, 11) is 0. The second-order valence-corrected chi connectivity index (χ2v) is 6.63. The molecule has 7 nitrogen and oxygen atoms in total. The van der Waals surface area contributed by atoms with Crippen molar-refractivity contribution in [1.82, 2.24) is 15.0 Å². The van der Waals surface area contributed by atoms with E-state index in [4.69, 9.17) is 10.3 Å². The molecule has 3 rings (SSSR count). The Balaban J connectivity index is 1.69. The highest BCUT2D eigenvalue weighted by molar-refractivity contribution is 5.79. The molecule has 0 aliphatic heterocycles. The molecule has 1 saturated carbocycles. The van der Waals surface area contributed by atoms with Crippen LogP contribution in [0.3, 0.4) is 0 Å². The van der Waals surface area contributed by atoms with Gasteiger partial charge in [-0.15, -0.1) is 0 Å². The predicted molar refractivity (Wildman–Crippen MR) is 92.3 cm³/mol. The molecule has 1 aliphatic rings. The number of nitrogens with two attached hydrogens (primary N) is 1. The first-order valence-corrected chi connectivity index (χ1v) is 8.60. The molecule has 0 bridgehead atoms. The number of hydrogen-bond acceptors (Lipinski definition) is 6. The Morgan fingerprint density at radius 3 is 2.88 bits per heavy atom. The van der Waals surface area contributed by atoms with E-state index in [0.717, 1.165) is 11.1 Å². The van der Waals surface area contributed by atoms with E-state index < -0.39 is 6.10 Å². The van der Waals surface area contributed by atoms with Crippen molar-refractivity contribution in [1.29, 1.82) is 0 Å². The minimum absolute atomic E-state index is 0.0233. The molecule has 3 atom stereocenters. The summed E-state index contributed by atoms with van der Waals surface area (Å²) in [5.74, 6) is 0.643. The standard InChI is InChI=1S/C18H24N4O3/c1-3-22(18(24)13-8-14(19)15(23)9-13)10-16-20-17(21-25-16)12-6-4-5-11(2)7-12/h4-7,13-15,23H,3,8-10,19H2,1-2H3/t13-,14+,15+/m0/s1. The van der Waals surface area contributed by atoms with E-state index in [0.29, 0.717) is 31.1 Å². The average Bonchev–Trinajstić information content (AvgIpc) is 3.19. The zero-order valence-electron chi connectivity index (χ0n) is 14.6. The Labute approximate surface area is 146 Å². The smallest absolute Gasteiger partial charge is 0.246 e. The van der Waals surface area contributed by atoms with E-state index in [9.17, 15) is 9.90 Å². The molecule has 1 aromatic carbocycles. The van der Waals surface area contributed by atoms with E-state index in [1.807, 2.05) is 38.1 Å². The van der Waals surface area contributed by atoms with Gasteiger partial charge in [-0.05, 0) is 32.8 Å². The summed E-state index contributed by atoms with van der Waals surface area (Å²) in [6, 6.07) is 7.52. The number of rotatable bonds is 5. The monoisotopic (exact) mass is 344 g/mol. The highest BCUT2D eigenvalue weighted by Gasteiger charge is 2.36.